The fourth-order valence-corrected chi connectivity index (χ4v) is 2.94. The van der Waals surface area contributed by atoms with Crippen LogP contribution in [0.15, 0.2) is 35.3 Å². The van der Waals surface area contributed by atoms with Crippen molar-refractivity contribution in [3.05, 3.63) is 30.3 Å². The SMILES string of the molecule is CC(C)(C)NC(N)=NCCCCN1CCN(c2ccccc2)CC1. The molecule has 0 aromatic heterocycles. The molecule has 0 bridgehead atoms. The molecule has 1 aliphatic heterocycles. The van der Waals surface area contributed by atoms with Crippen molar-refractivity contribution < 1.29 is 0 Å². The van der Waals surface area contributed by atoms with Gasteiger partial charge in [0.1, 0.15) is 0 Å². The Labute approximate surface area is 146 Å². The number of hydrogen-bond acceptors (Lipinski definition) is 3. The number of piperazine rings is 1. The predicted octanol–water partition coefficient (Wildman–Crippen LogP) is 2.29. The van der Waals surface area contributed by atoms with E-state index in [1.54, 1.807) is 0 Å². The highest BCUT2D eigenvalue weighted by Crippen LogP contribution is 2.15. The molecule has 1 aromatic carbocycles. The van der Waals surface area contributed by atoms with Gasteiger partial charge in [0.05, 0.1) is 0 Å². The summed E-state index contributed by atoms with van der Waals surface area (Å²) in [6.45, 7) is 12.7. The molecule has 24 heavy (non-hydrogen) atoms. The van der Waals surface area contributed by atoms with E-state index < -0.39 is 0 Å². The summed E-state index contributed by atoms with van der Waals surface area (Å²) in [6.07, 6.45) is 2.27. The summed E-state index contributed by atoms with van der Waals surface area (Å²) in [6, 6.07) is 10.7. The Balaban J connectivity index is 1.59. The monoisotopic (exact) mass is 331 g/mol. The van der Waals surface area contributed by atoms with Crippen LogP contribution < -0.4 is 16.0 Å². The lowest BCUT2D eigenvalue weighted by atomic mass is 10.1. The van der Waals surface area contributed by atoms with E-state index in [0.717, 1.165) is 45.7 Å². The van der Waals surface area contributed by atoms with E-state index in [0.29, 0.717) is 5.96 Å². The molecule has 1 saturated heterocycles. The maximum atomic E-state index is 5.88. The number of benzene rings is 1. The van der Waals surface area contributed by atoms with Gasteiger partial charge in [-0.1, -0.05) is 18.2 Å². The summed E-state index contributed by atoms with van der Waals surface area (Å²) in [4.78, 5) is 9.43. The predicted molar refractivity (Wildman–Crippen MR) is 104 cm³/mol. The number of para-hydroxylation sites is 1. The van der Waals surface area contributed by atoms with Gasteiger partial charge in [-0.3, -0.25) is 9.89 Å². The minimum Gasteiger partial charge on any atom is -0.370 e. The van der Waals surface area contributed by atoms with Gasteiger partial charge in [0.15, 0.2) is 5.96 Å². The molecule has 1 fully saturated rings. The lowest BCUT2D eigenvalue weighted by Gasteiger charge is -2.36. The molecular formula is C19H33N5. The summed E-state index contributed by atoms with van der Waals surface area (Å²) in [5, 5.41) is 3.19. The maximum Gasteiger partial charge on any atom is 0.188 e. The zero-order valence-electron chi connectivity index (χ0n) is 15.5. The van der Waals surface area contributed by atoms with Gasteiger partial charge in [0.25, 0.3) is 0 Å². The Morgan fingerprint density at radius 1 is 1.08 bits per heavy atom. The van der Waals surface area contributed by atoms with Gasteiger partial charge < -0.3 is 16.0 Å². The molecule has 0 unspecified atom stereocenters. The van der Waals surface area contributed by atoms with Crippen molar-refractivity contribution in [2.24, 2.45) is 10.7 Å². The van der Waals surface area contributed by atoms with Gasteiger partial charge in [0.2, 0.25) is 0 Å². The maximum absolute atomic E-state index is 5.88. The molecule has 5 heteroatoms. The fraction of sp³-hybridized carbons (Fsp3) is 0.632. The van der Waals surface area contributed by atoms with Crippen LogP contribution in [-0.4, -0.2) is 55.7 Å². The number of guanidine groups is 1. The van der Waals surface area contributed by atoms with Crippen LogP contribution in [0.5, 0.6) is 0 Å². The molecule has 134 valence electrons. The van der Waals surface area contributed by atoms with Crippen molar-refractivity contribution in [1.29, 1.82) is 0 Å². The van der Waals surface area contributed by atoms with E-state index in [1.165, 1.54) is 12.1 Å². The summed E-state index contributed by atoms with van der Waals surface area (Å²) in [5.74, 6) is 0.555. The van der Waals surface area contributed by atoms with Crippen LogP contribution in [0.25, 0.3) is 0 Å². The number of anilines is 1. The summed E-state index contributed by atoms with van der Waals surface area (Å²) >= 11 is 0. The lowest BCUT2D eigenvalue weighted by Crippen LogP contribution is -2.46. The first-order valence-electron chi connectivity index (χ1n) is 9.04. The van der Waals surface area contributed by atoms with Crippen LogP contribution in [0.2, 0.25) is 0 Å². The molecule has 2 rings (SSSR count). The van der Waals surface area contributed by atoms with Gasteiger partial charge in [0, 0.05) is 44.0 Å². The van der Waals surface area contributed by atoms with Crippen LogP contribution in [0, 0.1) is 0 Å². The molecule has 1 aliphatic rings. The Kier molecular flexibility index (Phi) is 6.91. The average Bonchev–Trinajstić information content (AvgIpc) is 2.54. The third kappa shape index (κ3) is 6.79. The van der Waals surface area contributed by atoms with Crippen molar-refractivity contribution in [2.45, 2.75) is 39.2 Å². The van der Waals surface area contributed by atoms with Crippen LogP contribution in [0.1, 0.15) is 33.6 Å². The number of nitrogens with one attached hydrogen (secondary N) is 1. The minimum atomic E-state index is -0.0218. The fourth-order valence-electron chi connectivity index (χ4n) is 2.94. The molecular weight excluding hydrogens is 298 g/mol. The molecule has 0 spiro atoms. The van der Waals surface area contributed by atoms with Gasteiger partial charge in [-0.25, -0.2) is 0 Å². The number of hydrogen-bond donors (Lipinski definition) is 2. The first kappa shape index (κ1) is 18.6. The third-order valence-corrected chi connectivity index (χ3v) is 4.16. The second kappa shape index (κ2) is 8.92. The van der Waals surface area contributed by atoms with E-state index >= 15 is 0 Å². The summed E-state index contributed by atoms with van der Waals surface area (Å²) in [7, 11) is 0. The number of nitrogens with zero attached hydrogens (tertiary/aromatic N) is 3. The third-order valence-electron chi connectivity index (χ3n) is 4.16. The van der Waals surface area contributed by atoms with E-state index in [1.807, 2.05) is 0 Å². The van der Waals surface area contributed by atoms with Crippen LogP contribution in [0.3, 0.4) is 0 Å². The minimum absolute atomic E-state index is 0.0218. The molecule has 1 heterocycles. The van der Waals surface area contributed by atoms with Crippen LogP contribution in [-0.2, 0) is 0 Å². The van der Waals surface area contributed by atoms with E-state index in [-0.39, 0.29) is 5.54 Å². The lowest BCUT2D eigenvalue weighted by molar-refractivity contribution is 0.253. The zero-order chi connectivity index (χ0) is 17.4. The highest BCUT2D eigenvalue weighted by atomic mass is 15.3. The Bertz CT molecular complexity index is 498. The highest BCUT2D eigenvalue weighted by molar-refractivity contribution is 5.78. The first-order valence-corrected chi connectivity index (χ1v) is 9.04. The molecule has 0 saturated carbocycles. The number of unbranched alkanes of at least 4 members (excludes halogenated alkanes) is 1. The highest BCUT2D eigenvalue weighted by Gasteiger charge is 2.16. The number of aliphatic imine (C=N–C) groups is 1. The van der Waals surface area contributed by atoms with Gasteiger partial charge in [-0.2, -0.15) is 0 Å². The molecule has 0 atom stereocenters. The molecule has 0 radical (unpaired) electrons. The molecule has 0 amide bonds. The summed E-state index contributed by atoms with van der Waals surface area (Å²) in [5.41, 5.74) is 7.20. The Morgan fingerprint density at radius 2 is 1.75 bits per heavy atom. The van der Waals surface area contributed by atoms with E-state index in [2.05, 4.69) is 71.2 Å². The van der Waals surface area contributed by atoms with E-state index in [4.69, 9.17) is 5.73 Å². The molecule has 5 nitrogen and oxygen atoms in total. The van der Waals surface area contributed by atoms with Gasteiger partial charge in [-0.05, 0) is 52.3 Å². The Hall–Kier alpha value is -1.75. The smallest absolute Gasteiger partial charge is 0.188 e. The second-order valence-electron chi connectivity index (χ2n) is 7.51. The topological polar surface area (TPSA) is 56.9 Å². The average molecular weight is 332 g/mol. The molecule has 1 aromatic rings. The molecule has 0 aliphatic carbocycles. The Morgan fingerprint density at radius 3 is 2.38 bits per heavy atom. The quantitative estimate of drug-likeness (QED) is 0.477. The number of nitrogens with two attached hydrogens (primary N) is 1. The normalized spacial score (nSPS) is 17.1. The first-order chi connectivity index (χ1) is 11.4. The van der Waals surface area contributed by atoms with Gasteiger partial charge in [-0.15, -0.1) is 0 Å². The number of rotatable bonds is 6. The van der Waals surface area contributed by atoms with Crippen molar-refractivity contribution >= 4 is 11.6 Å². The van der Waals surface area contributed by atoms with Gasteiger partial charge >= 0.3 is 0 Å². The van der Waals surface area contributed by atoms with Crippen molar-refractivity contribution in [3.63, 3.8) is 0 Å². The van der Waals surface area contributed by atoms with Crippen molar-refractivity contribution in [3.8, 4) is 0 Å². The van der Waals surface area contributed by atoms with E-state index in [9.17, 15) is 0 Å². The van der Waals surface area contributed by atoms with Crippen LogP contribution in [0.4, 0.5) is 5.69 Å². The van der Waals surface area contributed by atoms with Crippen LogP contribution >= 0.6 is 0 Å². The molecule has 3 N–H and O–H groups in total. The second-order valence-corrected chi connectivity index (χ2v) is 7.51. The standard InChI is InChI=1S/C19H33N5/c1-19(2,3)22-18(20)21-11-7-8-12-23-13-15-24(16-14-23)17-9-5-4-6-10-17/h4-6,9-10H,7-8,11-16H2,1-3H3,(H3,20,21,22). The van der Waals surface area contributed by atoms with Crippen molar-refractivity contribution in [1.82, 2.24) is 10.2 Å². The van der Waals surface area contributed by atoms with Crippen molar-refractivity contribution in [2.75, 3.05) is 44.2 Å². The summed E-state index contributed by atoms with van der Waals surface area (Å²) < 4.78 is 0. The zero-order valence-corrected chi connectivity index (χ0v) is 15.5. The largest absolute Gasteiger partial charge is 0.370 e.